The Morgan fingerprint density at radius 3 is 2.61 bits per heavy atom. The first-order chi connectivity index (χ1) is 15.8. The van der Waals surface area contributed by atoms with E-state index in [0.717, 1.165) is 36.8 Å². The Morgan fingerprint density at radius 1 is 1.15 bits per heavy atom. The van der Waals surface area contributed by atoms with Gasteiger partial charge >= 0.3 is 5.97 Å². The van der Waals surface area contributed by atoms with Gasteiger partial charge in [0, 0.05) is 19.3 Å². The third-order valence-electron chi connectivity index (χ3n) is 6.58. The smallest absolute Gasteiger partial charge is 0.339 e. The van der Waals surface area contributed by atoms with Crippen LogP contribution in [0.15, 0.2) is 41.3 Å². The molecule has 0 amide bonds. The standard InChI is InChI=1S/C25H31NO6S/c1-3-18-5-7-20-6-4-17(2)26(23(20)14-18)33(29,30)21-8-9-24(22(15-21)25(27)28)32-16-19-10-12-31-13-11-19/h5,7-9,14-15,17,19H,3-4,6,10-13,16H2,1-2H3,(H,27,28). The predicted octanol–water partition coefficient (Wildman–Crippen LogP) is 4.28. The van der Waals surface area contributed by atoms with Crippen LogP contribution >= 0.6 is 0 Å². The third-order valence-corrected chi connectivity index (χ3v) is 8.50. The lowest BCUT2D eigenvalue weighted by molar-refractivity contribution is 0.0490. The molecule has 1 saturated heterocycles. The summed E-state index contributed by atoms with van der Waals surface area (Å²) in [6, 6.07) is 9.88. The minimum Gasteiger partial charge on any atom is -0.492 e. The van der Waals surface area contributed by atoms with E-state index in [9.17, 15) is 18.3 Å². The summed E-state index contributed by atoms with van der Waals surface area (Å²) in [6.07, 6.45) is 4.04. The number of rotatable bonds is 7. The van der Waals surface area contributed by atoms with Gasteiger partial charge in [0.05, 0.1) is 17.2 Å². The number of carboxylic acids is 1. The predicted molar refractivity (Wildman–Crippen MR) is 126 cm³/mol. The molecule has 33 heavy (non-hydrogen) atoms. The number of benzene rings is 2. The summed E-state index contributed by atoms with van der Waals surface area (Å²) in [7, 11) is -3.96. The molecule has 0 aromatic heterocycles. The number of hydrogen-bond acceptors (Lipinski definition) is 5. The van der Waals surface area contributed by atoms with Crippen LogP contribution in [0, 0.1) is 5.92 Å². The number of fused-ring (bicyclic) bond motifs is 1. The first kappa shape index (κ1) is 23.6. The molecule has 1 fully saturated rings. The number of sulfonamides is 1. The number of carbonyl (C=O) groups is 1. The highest BCUT2D eigenvalue weighted by Gasteiger charge is 2.35. The fourth-order valence-electron chi connectivity index (χ4n) is 4.53. The lowest BCUT2D eigenvalue weighted by Crippen LogP contribution is -2.42. The van der Waals surface area contributed by atoms with E-state index in [0.29, 0.717) is 37.8 Å². The molecule has 2 heterocycles. The summed E-state index contributed by atoms with van der Waals surface area (Å²) >= 11 is 0. The summed E-state index contributed by atoms with van der Waals surface area (Å²) < 4.78 is 40.1. The number of ether oxygens (including phenoxy) is 2. The number of nitrogens with zero attached hydrogens (tertiary/aromatic N) is 1. The summed E-state index contributed by atoms with van der Waals surface area (Å²) in [6.45, 7) is 5.65. The van der Waals surface area contributed by atoms with Gasteiger partial charge in [-0.2, -0.15) is 0 Å². The van der Waals surface area contributed by atoms with Crippen molar-refractivity contribution in [3.63, 3.8) is 0 Å². The van der Waals surface area contributed by atoms with Crippen LogP contribution in [0.25, 0.3) is 0 Å². The second-order valence-corrected chi connectivity index (χ2v) is 10.6. The summed E-state index contributed by atoms with van der Waals surface area (Å²) in [5.41, 5.74) is 2.59. The molecule has 7 nitrogen and oxygen atoms in total. The van der Waals surface area contributed by atoms with Crippen molar-refractivity contribution in [1.29, 1.82) is 0 Å². The van der Waals surface area contributed by atoms with Gasteiger partial charge in [-0.3, -0.25) is 4.31 Å². The maximum absolute atomic E-state index is 13.7. The molecule has 1 atom stereocenters. The molecule has 0 saturated carbocycles. The Bertz CT molecular complexity index is 1120. The fourth-order valence-corrected chi connectivity index (χ4v) is 6.27. The van der Waals surface area contributed by atoms with E-state index < -0.39 is 16.0 Å². The second-order valence-electron chi connectivity index (χ2n) is 8.84. The highest BCUT2D eigenvalue weighted by Crippen LogP contribution is 2.37. The van der Waals surface area contributed by atoms with Crippen molar-refractivity contribution in [2.45, 2.75) is 56.9 Å². The van der Waals surface area contributed by atoms with Crippen molar-refractivity contribution in [3.8, 4) is 5.75 Å². The molecular weight excluding hydrogens is 442 g/mol. The molecule has 0 radical (unpaired) electrons. The van der Waals surface area contributed by atoms with Crippen molar-refractivity contribution in [1.82, 2.24) is 0 Å². The van der Waals surface area contributed by atoms with Gasteiger partial charge in [0.25, 0.3) is 10.0 Å². The van der Waals surface area contributed by atoms with Gasteiger partial charge in [0.15, 0.2) is 0 Å². The van der Waals surface area contributed by atoms with Gasteiger partial charge < -0.3 is 14.6 Å². The molecule has 8 heteroatoms. The average Bonchev–Trinajstić information content (AvgIpc) is 2.82. The summed E-state index contributed by atoms with van der Waals surface area (Å²) in [4.78, 5) is 11.9. The Hall–Kier alpha value is -2.58. The highest BCUT2D eigenvalue weighted by atomic mass is 32.2. The van der Waals surface area contributed by atoms with Crippen LogP contribution in [-0.2, 0) is 27.6 Å². The Balaban J connectivity index is 1.67. The van der Waals surface area contributed by atoms with Crippen LogP contribution in [-0.4, -0.2) is 45.4 Å². The van der Waals surface area contributed by atoms with Crippen LogP contribution in [0.3, 0.4) is 0 Å². The maximum Gasteiger partial charge on any atom is 0.339 e. The Morgan fingerprint density at radius 2 is 1.91 bits per heavy atom. The largest absolute Gasteiger partial charge is 0.492 e. The molecule has 178 valence electrons. The molecular formula is C25H31NO6S. The number of carboxylic acid groups (broad SMARTS) is 1. The fraction of sp³-hybridized carbons (Fsp3) is 0.480. The molecule has 2 aromatic carbocycles. The number of aromatic carboxylic acids is 1. The second kappa shape index (κ2) is 9.73. The van der Waals surface area contributed by atoms with Crippen LogP contribution in [0.1, 0.15) is 54.6 Å². The third kappa shape index (κ3) is 4.87. The SMILES string of the molecule is CCc1ccc2c(c1)N(S(=O)(=O)c1ccc(OCC3CCOCC3)c(C(=O)O)c1)C(C)CC2. The van der Waals surface area contributed by atoms with Crippen LogP contribution in [0.5, 0.6) is 5.75 Å². The minimum absolute atomic E-state index is 0.0417. The summed E-state index contributed by atoms with van der Waals surface area (Å²) in [5.74, 6) is -0.732. The van der Waals surface area contributed by atoms with E-state index in [1.165, 1.54) is 22.5 Å². The zero-order valence-electron chi connectivity index (χ0n) is 19.1. The quantitative estimate of drug-likeness (QED) is 0.645. The molecule has 1 unspecified atom stereocenters. The summed E-state index contributed by atoms with van der Waals surface area (Å²) in [5, 5.41) is 9.77. The lowest BCUT2D eigenvalue weighted by atomic mass is 9.97. The van der Waals surface area contributed by atoms with E-state index >= 15 is 0 Å². The van der Waals surface area contributed by atoms with Gasteiger partial charge in [0.1, 0.15) is 11.3 Å². The van der Waals surface area contributed by atoms with Crippen molar-refractivity contribution in [2.75, 3.05) is 24.1 Å². The minimum atomic E-state index is -3.96. The molecule has 4 rings (SSSR count). The molecule has 0 aliphatic carbocycles. The van der Waals surface area contributed by atoms with Crippen molar-refractivity contribution < 1.29 is 27.8 Å². The molecule has 0 bridgehead atoms. The van der Waals surface area contributed by atoms with E-state index in [1.807, 2.05) is 32.0 Å². The van der Waals surface area contributed by atoms with Crippen LogP contribution in [0.4, 0.5) is 5.69 Å². The van der Waals surface area contributed by atoms with Gasteiger partial charge in [-0.25, -0.2) is 13.2 Å². The highest BCUT2D eigenvalue weighted by molar-refractivity contribution is 7.92. The number of anilines is 1. The van der Waals surface area contributed by atoms with Gasteiger partial charge in [-0.15, -0.1) is 0 Å². The molecule has 2 aromatic rings. The number of aryl methyl sites for hydroxylation is 2. The van der Waals surface area contributed by atoms with E-state index in [-0.39, 0.29) is 22.3 Å². The molecule has 0 spiro atoms. The van der Waals surface area contributed by atoms with E-state index in [1.54, 1.807) is 0 Å². The van der Waals surface area contributed by atoms with Crippen molar-refractivity contribution in [2.24, 2.45) is 5.92 Å². The average molecular weight is 474 g/mol. The van der Waals surface area contributed by atoms with E-state index in [4.69, 9.17) is 9.47 Å². The zero-order chi connectivity index (χ0) is 23.6. The Kier molecular flexibility index (Phi) is 6.95. The topological polar surface area (TPSA) is 93.1 Å². The first-order valence-corrected chi connectivity index (χ1v) is 13.0. The van der Waals surface area contributed by atoms with Crippen molar-refractivity contribution >= 4 is 21.7 Å². The zero-order valence-corrected chi connectivity index (χ0v) is 19.9. The first-order valence-electron chi connectivity index (χ1n) is 11.6. The Labute approximate surface area is 195 Å². The lowest BCUT2D eigenvalue weighted by Gasteiger charge is -2.36. The van der Waals surface area contributed by atoms with Gasteiger partial charge in [-0.1, -0.05) is 19.1 Å². The van der Waals surface area contributed by atoms with Crippen molar-refractivity contribution in [3.05, 3.63) is 53.1 Å². The molecule has 2 aliphatic heterocycles. The molecule has 2 aliphatic rings. The van der Waals surface area contributed by atoms with Gasteiger partial charge in [-0.05, 0) is 80.3 Å². The number of hydrogen-bond donors (Lipinski definition) is 1. The van der Waals surface area contributed by atoms with Gasteiger partial charge in [0.2, 0.25) is 0 Å². The monoisotopic (exact) mass is 473 g/mol. The van der Waals surface area contributed by atoms with E-state index in [2.05, 4.69) is 0 Å². The molecule has 1 N–H and O–H groups in total. The maximum atomic E-state index is 13.7. The van der Waals surface area contributed by atoms with Crippen LogP contribution in [0.2, 0.25) is 0 Å². The van der Waals surface area contributed by atoms with Crippen LogP contribution < -0.4 is 9.04 Å². The normalized spacial score (nSPS) is 19.2.